The molecule has 0 N–H and O–H groups in total. The van der Waals surface area contributed by atoms with Crippen LogP contribution in [0.4, 0.5) is 0 Å². The van der Waals surface area contributed by atoms with E-state index in [-0.39, 0.29) is 11.7 Å². The molecule has 1 aromatic rings. The van der Waals surface area contributed by atoms with Crippen LogP contribution in [0, 0.1) is 11.3 Å². The average Bonchev–Trinajstić information content (AvgIpc) is 2.61. The second-order valence-corrected chi connectivity index (χ2v) is 8.19. The molecule has 2 heteroatoms. The Kier molecular flexibility index (Phi) is 7.16. The van der Waals surface area contributed by atoms with Crippen LogP contribution in [-0.2, 0) is 4.74 Å². The van der Waals surface area contributed by atoms with Crippen molar-refractivity contribution in [3.63, 3.8) is 0 Å². The second-order valence-electron chi connectivity index (χ2n) is 8.19. The maximum absolute atomic E-state index is 6.14. The molecule has 0 amide bonds. The van der Waals surface area contributed by atoms with Crippen LogP contribution >= 0.6 is 0 Å². The highest BCUT2D eigenvalue weighted by molar-refractivity contribution is 5.29. The fraction of sp³-hybridized carbons (Fsp3) is 0.727. The van der Waals surface area contributed by atoms with E-state index < -0.39 is 0 Å². The largest absolute Gasteiger partial charge is 0.465 e. The lowest BCUT2D eigenvalue weighted by molar-refractivity contribution is -0.0883. The molecule has 2 rings (SSSR count). The normalized spacial score (nSPS) is 19.0. The number of methoxy groups -OCH3 is 1. The highest BCUT2D eigenvalue weighted by Crippen LogP contribution is 2.41. The van der Waals surface area contributed by atoms with Crippen molar-refractivity contribution in [3.8, 4) is 5.75 Å². The van der Waals surface area contributed by atoms with Gasteiger partial charge in [0, 0.05) is 13.5 Å². The Balaban J connectivity index is 1.95. The van der Waals surface area contributed by atoms with Crippen LogP contribution in [0.1, 0.15) is 84.1 Å². The van der Waals surface area contributed by atoms with Crippen molar-refractivity contribution in [1.82, 2.24) is 0 Å². The fourth-order valence-corrected chi connectivity index (χ4v) is 3.92. The van der Waals surface area contributed by atoms with Crippen LogP contribution < -0.4 is 4.74 Å². The summed E-state index contributed by atoms with van der Waals surface area (Å²) >= 11 is 0. The molecule has 2 nitrogen and oxygen atoms in total. The molecule has 0 saturated heterocycles. The third-order valence-corrected chi connectivity index (χ3v) is 6.00. The lowest BCUT2D eigenvalue weighted by atomic mass is 9.69. The molecule has 1 aromatic carbocycles. The van der Waals surface area contributed by atoms with Gasteiger partial charge in [0.05, 0.1) is 0 Å². The second kappa shape index (κ2) is 8.89. The third-order valence-electron chi connectivity index (χ3n) is 6.00. The van der Waals surface area contributed by atoms with E-state index in [0.717, 1.165) is 24.5 Å². The molecule has 2 unspecified atom stereocenters. The van der Waals surface area contributed by atoms with E-state index in [0.29, 0.717) is 5.92 Å². The minimum atomic E-state index is -0.170. The van der Waals surface area contributed by atoms with E-state index in [1.54, 1.807) is 7.11 Å². The SMILES string of the molecule is CCC(C)c1ccc(OC(CC(C)(C)C2CCCCC2)OC)cc1. The summed E-state index contributed by atoms with van der Waals surface area (Å²) in [5.41, 5.74) is 1.64. The van der Waals surface area contributed by atoms with Crippen molar-refractivity contribution < 1.29 is 9.47 Å². The van der Waals surface area contributed by atoms with E-state index in [2.05, 4.69) is 52.0 Å². The van der Waals surface area contributed by atoms with Gasteiger partial charge in [-0.05, 0) is 54.2 Å². The first kappa shape index (κ1) is 19.3. The molecule has 0 spiro atoms. The molecule has 0 aliphatic heterocycles. The monoisotopic (exact) mass is 332 g/mol. The van der Waals surface area contributed by atoms with Gasteiger partial charge in [-0.3, -0.25) is 0 Å². The van der Waals surface area contributed by atoms with Crippen molar-refractivity contribution in [2.24, 2.45) is 11.3 Å². The minimum absolute atomic E-state index is 0.170. The van der Waals surface area contributed by atoms with Crippen LogP contribution in [-0.4, -0.2) is 13.4 Å². The Morgan fingerprint density at radius 2 is 1.71 bits per heavy atom. The number of hydrogen-bond acceptors (Lipinski definition) is 2. The van der Waals surface area contributed by atoms with Crippen molar-refractivity contribution in [2.45, 2.75) is 84.8 Å². The van der Waals surface area contributed by atoms with Crippen molar-refractivity contribution in [2.75, 3.05) is 7.11 Å². The molecule has 0 heterocycles. The van der Waals surface area contributed by atoms with Crippen molar-refractivity contribution >= 4 is 0 Å². The zero-order chi connectivity index (χ0) is 17.6. The van der Waals surface area contributed by atoms with Gasteiger partial charge in [0.1, 0.15) is 5.75 Å². The zero-order valence-electron chi connectivity index (χ0n) is 16.3. The molecular weight excluding hydrogens is 296 g/mol. The molecule has 1 saturated carbocycles. The molecule has 1 fully saturated rings. The van der Waals surface area contributed by atoms with Gasteiger partial charge < -0.3 is 9.47 Å². The first-order chi connectivity index (χ1) is 11.5. The summed E-state index contributed by atoms with van der Waals surface area (Å²) in [6.07, 6.45) is 8.81. The third kappa shape index (κ3) is 5.24. The maximum Gasteiger partial charge on any atom is 0.200 e. The first-order valence-corrected chi connectivity index (χ1v) is 9.75. The number of benzene rings is 1. The predicted molar refractivity (Wildman–Crippen MR) is 102 cm³/mol. The van der Waals surface area contributed by atoms with Gasteiger partial charge >= 0.3 is 0 Å². The van der Waals surface area contributed by atoms with E-state index >= 15 is 0 Å². The van der Waals surface area contributed by atoms with Crippen molar-refractivity contribution in [3.05, 3.63) is 29.8 Å². The van der Waals surface area contributed by atoms with Gasteiger partial charge in [-0.15, -0.1) is 0 Å². The van der Waals surface area contributed by atoms with Crippen LogP contribution in [0.25, 0.3) is 0 Å². The summed E-state index contributed by atoms with van der Waals surface area (Å²) in [6.45, 7) is 9.25. The van der Waals surface area contributed by atoms with E-state index in [4.69, 9.17) is 9.47 Å². The molecule has 1 aliphatic carbocycles. The summed E-state index contributed by atoms with van der Waals surface area (Å²) < 4.78 is 11.8. The standard InChI is InChI=1S/C22H36O2/c1-6-17(2)18-12-14-20(15-13-18)24-21(23-5)16-22(3,4)19-10-8-7-9-11-19/h12-15,17,19,21H,6-11,16H2,1-5H3. The van der Waals surface area contributed by atoms with Gasteiger partial charge in [0.25, 0.3) is 0 Å². The number of rotatable bonds is 8. The van der Waals surface area contributed by atoms with Crippen LogP contribution in [0.3, 0.4) is 0 Å². The molecule has 0 aromatic heterocycles. The van der Waals surface area contributed by atoms with E-state index in [1.807, 2.05) is 0 Å². The Labute approximate surface area is 148 Å². The van der Waals surface area contributed by atoms with E-state index in [9.17, 15) is 0 Å². The molecule has 1 aliphatic rings. The maximum atomic E-state index is 6.14. The van der Waals surface area contributed by atoms with Gasteiger partial charge in [0.15, 0.2) is 6.29 Å². The smallest absolute Gasteiger partial charge is 0.200 e. The summed E-state index contributed by atoms with van der Waals surface area (Å²) in [5, 5.41) is 0. The molecule has 0 bridgehead atoms. The van der Waals surface area contributed by atoms with Crippen LogP contribution in [0.5, 0.6) is 5.75 Å². The van der Waals surface area contributed by atoms with E-state index in [1.165, 1.54) is 37.7 Å². The van der Waals surface area contributed by atoms with Crippen molar-refractivity contribution in [1.29, 1.82) is 0 Å². The summed E-state index contributed by atoms with van der Waals surface area (Å²) in [6, 6.07) is 8.53. The van der Waals surface area contributed by atoms with Gasteiger partial charge in [-0.25, -0.2) is 0 Å². The molecule has 136 valence electrons. The molecule has 24 heavy (non-hydrogen) atoms. The fourth-order valence-electron chi connectivity index (χ4n) is 3.92. The highest BCUT2D eigenvalue weighted by atomic mass is 16.7. The Bertz CT molecular complexity index is 471. The Morgan fingerprint density at radius 3 is 2.25 bits per heavy atom. The molecular formula is C22H36O2. The summed E-state index contributed by atoms with van der Waals surface area (Å²) in [4.78, 5) is 0. The number of hydrogen-bond donors (Lipinski definition) is 0. The Hall–Kier alpha value is -1.02. The van der Waals surface area contributed by atoms with Gasteiger partial charge in [0.2, 0.25) is 0 Å². The molecule has 0 radical (unpaired) electrons. The van der Waals surface area contributed by atoms with Gasteiger partial charge in [-0.2, -0.15) is 0 Å². The highest BCUT2D eigenvalue weighted by Gasteiger charge is 2.33. The summed E-state index contributed by atoms with van der Waals surface area (Å²) in [5.74, 6) is 2.30. The minimum Gasteiger partial charge on any atom is -0.465 e. The lowest BCUT2D eigenvalue weighted by Crippen LogP contribution is -2.33. The average molecular weight is 333 g/mol. The topological polar surface area (TPSA) is 18.5 Å². The quantitative estimate of drug-likeness (QED) is 0.503. The van der Waals surface area contributed by atoms with Crippen LogP contribution in [0.15, 0.2) is 24.3 Å². The van der Waals surface area contributed by atoms with Gasteiger partial charge in [-0.1, -0.05) is 59.1 Å². The predicted octanol–water partition coefficient (Wildman–Crippen LogP) is 6.55. The lowest BCUT2D eigenvalue weighted by Gasteiger charge is -2.38. The molecule has 2 atom stereocenters. The van der Waals surface area contributed by atoms with Crippen LogP contribution in [0.2, 0.25) is 0 Å². The first-order valence-electron chi connectivity index (χ1n) is 9.75. The zero-order valence-corrected chi connectivity index (χ0v) is 16.3. The Morgan fingerprint density at radius 1 is 1.08 bits per heavy atom. The summed E-state index contributed by atoms with van der Waals surface area (Å²) in [7, 11) is 1.76. The number of ether oxygens (including phenoxy) is 2.